The van der Waals surface area contributed by atoms with E-state index >= 15 is 0 Å². The van der Waals surface area contributed by atoms with Crippen LogP contribution in [0.1, 0.15) is 67.0 Å². The minimum Gasteiger partial charge on any atom is -0.375 e. The van der Waals surface area contributed by atoms with Crippen LogP contribution in [0.15, 0.2) is 53.8 Å². The summed E-state index contributed by atoms with van der Waals surface area (Å²) >= 11 is 0. The van der Waals surface area contributed by atoms with Crippen LogP contribution in [0, 0.1) is 5.92 Å². The van der Waals surface area contributed by atoms with E-state index in [1.54, 1.807) is 18.6 Å². The molecular formula is C30H33F3N6O2. The molecule has 0 radical (unpaired) electrons. The quantitative estimate of drug-likeness (QED) is 0.331. The number of nitrogens with zero attached hydrogens (tertiary/aromatic N) is 6. The summed E-state index contributed by atoms with van der Waals surface area (Å²) in [5, 5.41) is 8.43. The van der Waals surface area contributed by atoms with Crippen molar-refractivity contribution >= 4 is 5.52 Å². The minimum absolute atomic E-state index is 0.00436. The molecule has 3 aromatic heterocycles. The van der Waals surface area contributed by atoms with E-state index in [0.717, 1.165) is 74.0 Å². The second-order valence-electron chi connectivity index (χ2n) is 11.9. The van der Waals surface area contributed by atoms with Gasteiger partial charge in [-0.1, -0.05) is 18.6 Å². The zero-order chi connectivity index (χ0) is 28.4. The average molecular weight is 567 g/mol. The number of benzene rings is 1. The first-order chi connectivity index (χ1) is 19.7. The number of piperidine rings is 1. The highest BCUT2D eigenvalue weighted by atomic mass is 19.4. The van der Waals surface area contributed by atoms with Crippen molar-refractivity contribution in [3.8, 4) is 5.69 Å². The van der Waals surface area contributed by atoms with Gasteiger partial charge < -0.3 is 9.30 Å². The number of hydrogen-bond acceptors (Lipinski definition) is 5. The highest BCUT2D eigenvalue weighted by molar-refractivity contribution is 5.58. The number of pyridine rings is 1. The lowest BCUT2D eigenvalue weighted by Crippen LogP contribution is -2.52. The smallest absolute Gasteiger partial charge is 0.375 e. The van der Waals surface area contributed by atoms with E-state index in [1.807, 2.05) is 29.8 Å². The van der Waals surface area contributed by atoms with Gasteiger partial charge in [-0.05, 0) is 67.3 Å². The maximum absolute atomic E-state index is 14.3. The van der Waals surface area contributed by atoms with Gasteiger partial charge in [-0.15, -0.1) is 10.2 Å². The maximum atomic E-state index is 14.3. The van der Waals surface area contributed by atoms with Crippen LogP contribution < -0.4 is 5.69 Å². The lowest BCUT2D eigenvalue weighted by atomic mass is 9.72. The van der Waals surface area contributed by atoms with Gasteiger partial charge >= 0.3 is 11.9 Å². The molecule has 216 valence electrons. The Morgan fingerprint density at radius 2 is 1.90 bits per heavy atom. The van der Waals surface area contributed by atoms with Crippen molar-refractivity contribution in [2.75, 3.05) is 19.7 Å². The standard InChI is InChI=1S/C30H33F3N6O2/c1-36-19-34-35-27(36)26(21-4-2-5-21)22-6-3-7-23(15-22)38-18-25-24(30(31,32)33)14-20(17-39(25)28(38)40)16-37-11-8-29(9-12-37)10-13-41-29/h3,6-7,14-15,17-19,21,26H,2,4-5,8-13,16H2,1H3/t26-/m1/s1. The third kappa shape index (κ3) is 4.68. The molecule has 0 N–H and O–H groups in total. The van der Waals surface area contributed by atoms with Gasteiger partial charge in [0.05, 0.1) is 29.0 Å². The van der Waals surface area contributed by atoms with Gasteiger partial charge in [0.2, 0.25) is 0 Å². The predicted octanol–water partition coefficient (Wildman–Crippen LogP) is 4.92. The Labute approximate surface area is 235 Å². The maximum Gasteiger partial charge on any atom is 0.418 e. The lowest BCUT2D eigenvalue weighted by Gasteiger charge is -2.47. The molecule has 0 bridgehead atoms. The van der Waals surface area contributed by atoms with E-state index in [-0.39, 0.29) is 17.0 Å². The summed E-state index contributed by atoms with van der Waals surface area (Å²) in [5.74, 6) is 1.24. The number of alkyl halides is 3. The molecule has 7 rings (SSSR count). The summed E-state index contributed by atoms with van der Waals surface area (Å²) in [6, 6.07) is 8.71. The van der Waals surface area contributed by atoms with Crippen LogP contribution >= 0.6 is 0 Å². The summed E-state index contributed by atoms with van der Waals surface area (Å²) in [7, 11) is 1.91. The second kappa shape index (κ2) is 9.84. The lowest BCUT2D eigenvalue weighted by molar-refractivity contribution is -0.173. The highest BCUT2D eigenvalue weighted by Gasteiger charge is 2.41. The fourth-order valence-corrected chi connectivity index (χ4v) is 6.75. The van der Waals surface area contributed by atoms with Gasteiger partial charge in [0.15, 0.2) is 0 Å². The Kier molecular flexibility index (Phi) is 6.35. The topological polar surface area (TPSA) is 69.6 Å². The van der Waals surface area contributed by atoms with Crippen LogP contribution in [0.25, 0.3) is 11.2 Å². The van der Waals surface area contributed by atoms with Crippen molar-refractivity contribution in [2.24, 2.45) is 13.0 Å². The fraction of sp³-hybridized carbons (Fsp3) is 0.500. The molecule has 1 aliphatic carbocycles. The Hall–Kier alpha value is -3.44. The number of aryl methyl sites for hydroxylation is 1. The van der Waals surface area contributed by atoms with Crippen molar-refractivity contribution in [3.05, 3.63) is 82.1 Å². The van der Waals surface area contributed by atoms with Crippen LogP contribution in [0.4, 0.5) is 13.2 Å². The summed E-state index contributed by atoms with van der Waals surface area (Å²) in [6.45, 7) is 2.66. The van der Waals surface area contributed by atoms with Crippen molar-refractivity contribution in [2.45, 2.75) is 62.8 Å². The first-order valence-corrected chi connectivity index (χ1v) is 14.4. The first-order valence-electron chi connectivity index (χ1n) is 14.4. The summed E-state index contributed by atoms with van der Waals surface area (Å²) in [6.07, 6.45) is 6.05. The number of imidazole rings is 1. The number of hydrogen-bond donors (Lipinski definition) is 0. The van der Waals surface area contributed by atoms with Gasteiger partial charge in [-0.25, -0.2) is 4.79 Å². The average Bonchev–Trinajstić information content (AvgIpc) is 3.47. The van der Waals surface area contributed by atoms with Crippen molar-refractivity contribution in [3.63, 3.8) is 0 Å². The number of likely N-dealkylation sites (tertiary alicyclic amines) is 1. The molecule has 5 heterocycles. The molecule has 41 heavy (non-hydrogen) atoms. The van der Waals surface area contributed by atoms with Crippen molar-refractivity contribution < 1.29 is 17.9 Å². The molecule has 1 atom stereocenters. The Morgan fingerprint density at radius 1 is 1.12 bits per heavy atom. The Balaban J connectivity index is 1.25. The largest absolute Gasteiger partial charge is 0.418 e. The molecule has 11 heteroatoms. The number of halogens is 3. The van der Waals surface area contributed by atoms with E-state index in [2.05, 4.69) is 15.1 Å². The number of aromatic nitrogens is 5. The van der Waals surface area contributed by atoms with E-state index in [1.165, 1.54) is 16.8 Å². The molecule has 8 nitrogen and oxygen atoms in total. The van der Waals surface area contributed by atoms with Gasteiger partial charge in [-0.2, -0.15) is 13.2 Å². The predicted molar refractivity (Wildman–Crippen MR) is 146 cm³/mol. The second-order valence-corrected chi connectivity index (χ2v) is 11.9. The summed E-state index contributed by atoms with van der Waals surface area (Å²) in [5.41, 5.74) is 0.454. The molecule has 0 unspecified atom stereocenters. The Morgan fingerprint density at radius 3 is 2.51 bits per heavy atom. The first kappa shape index (κ1) is 26.5. The van der Waals surface area contributed by atoms with Crippen LogP contribution in [0.2, 0.25) is 0 Å². The monoisotopic (exact) mass is 566 g/mol. The molecule has 3 fully saturated rings. The van der Waals surface area contributed by atoms with E-state index in [4.69, 9.17) is 4.74 Å². The molecule has 2 saturated heterocycles. The molecule has 1 saturated carbocycles. The van der Waals surface area contributed by atoms with Crippen molar-refractivity contribution in [1.29, 1.82) is 0 Å². The third-order valence-electron chi connectivity index (χ3n) is 9.42. The van der Waals surface area contributed by atoms with Gasteiger partial charge in [0.1, 0.15) is 12.2 Å². The Bertz CT molecular complexity index is 1640. The zero-order valence-corrected chi connectivity index (χ0v) is 23.0. The molecule has 1 spiro atoms. The molecular weight excluding hydrogens is 533 g/mol. The summed E-state index contributed by atoms with van der Waals surface area (Å²) in [4.78, 5) is 15.8. The molecule has 3 aliphatic rings. The van der Waals surface area contributed by atoms with Crippen LogP contribution in [-0.2, 0) is 24.5 Å². The molecule has 0 amide bonds. The summed E-state index contributed by atoms with van der Waals surface area (Å²) < 4.78 is 53.1. The van der Waals surface area contributed by atoms with Gasteiger partial charge in [-0.3, -0.25) is 13.9 Å². The molecule has 1 aromatic carbocycles. The normalized spacial score (nSPS) is 20.3. The third-order valence-corrected chi connectivity index (χ3v) is 9.42. The van der Waals surface area contributed by atoms with E-state index in [9.17, 15) is 18.0 Å². The van der Waals surface area contributed by atoms with Gasteiger partial charge in [0.25, 0.3) is 0 Å². The van der Waals surface area contributed by atoms with E-state index < -0.39 is 17.4 Å². The number of fused-ring (bicyclic) bond motifs is 1. The number of ether oxygens (including phenoxy) is 1. The fourth-order valence-electron chi connectivity index (χ4n) is 6.75. The van der Waals surface area contributed by atoms with Crippen LogP contribution in [0.3, 0.4) is 0 Å². The SMILES string of the molecule is Cn1cnnc1[C@@H](c1cccc(-n2cc3c(C(F)(F)F)cc(CN4CCC5(CCO5)CC4)cn3c2=O)c1)C1CCC1. The van der Waals surface area contributed by atoms with E-state index in [0.29, 0.717) is 23.7 Å². The van der Waals surface area contributed by atoms with Crippen LogP contribution in [-0.4, -0.2) is 53.9 Å². The minimum atomic E-state index is -4.60. The van der Waals surface area contributed by atoms with Gasteiger partial charge in [0, 0.05) is 45.0 Å². The molecule has 2 aliphatic heterocycles. The molecule has 4 aromatic rings. The van der Waals surface area contributed by atoms with Crippen molar-refractivity contribution in [1.82, 2.24) is 28.6 Å². The highest BCUT2D eigenvalue weighted by Crippen LogP contribution is 2.43. The van der Waals surface area contributed by atoms with Crippen LogP contribution in [0.5, 0.6) is 0 Å². The number of rotatable bonds is 6. The zero-order valence-electron chi connectivity index (χ0n) is 23.0.